The minimum Gasteiger partial charge on any atom is -0.495 e. The molecule has 0 aliphatic carbocycles. The molecule has 0 saturated carbocycles. The molecule has 26 heavy (non-hydrogen) atoms. The molecule has 1 aromatic carbocycles. The van der Waals surface area contributed by atoms with E-state index < -0.39 is 0 Å². The van der Waals surface area contributed by atoms with Gasteiger partial charge in [-0.15, -0.1) is 0 Å². The Kier molecular flexibility index (Phi) is 5.36. The Hall–Kier alpha value is -3.09. The predicted octanol–water partition coefficient (Wildman–Crippen LogP) is 2.06. The van der Waals surface area contributed by atoms with Crippen molar-refractivity contribution in [3.63, 3.8) is 0 Å². The minimum absolute atomic E-state index is 0.0581. The number of pyridine rings is 1. The first-order chi connectivity index (χ1) is 12.6. The summed E-state index contributed by atoms with van der Waals surface area (Å²) in [5.74, 6) is 1.22. The zero-order valence-corrected chi connectivity index (χ0v) is 14.9. The molecule has 7 heteroatoms. The van der Waals surface area contributed by atoms with Crippen LogP contribution in [0.15, 0.2) is 36.5 Å². The van der Waals surface area contributed by atoms with Crippen molar-refractivity contribution < 1.29 is 14.3 Å². The molecule has 1 N–H and O–H groups in total. The normalized spacial score (nSPS) is 14.1. The second kappa shape index (κ2) is 7.86. The lowest BCUT2D eigenvalue weighted by atomic mass is 10.2. The number of ether oxygens (including phenoxy) is 1. The molecule has 0 spiro atoms. The van der Waals surface area contributed by atoms with Gasteiger partial charge in [0, 0.05) is 37.9 Å². The molecule has 2 aromatic rings. The first kappa shape index (κ1) is 17.7. The van der Waals surface area contributed by atoms with Gasteiger partial charge < -0.3 is 19.9 Å². The summed E-state index contributed by atoms with van der Waals surface area (Å²) in [5.41, 5.74) is 2.45. The summed E-state index contributed by atoms with van der Waals surface area (Å²) in [7, 11) is 1.61. The average molecular weight is 354 g/mol. The smallest absolute Gasteiger partial charge is 0.254 e. The first-order valence-corrected chi connectivity index (χ1v) is 8.47. The number of anilines is 2. The zero-order chi connectivity index (χ0) is 18.5. The Morgan fingerprint density at radius 2 is 1.96 bits per heavy atom. The van der Waals surface area contributed by atoms with Gasteiger partial charge in [0.2, 0.25) is 6.41 Å². The molecular formula is C19H22N4O3. The van der Waals surface area contributed by atoms with E-state index in [1.165, 1.54) is 0 Å². The minimum atomic E-state index is -0.0581. The van der Waals surface area contributed by atoms with Crippen LogP contribution in [0.5, 0.6) is 5.75 Å². The van der Waals surface area contributed by atoms with Gasteiger partial charge >= 0.3 is 0 Å². The maximum absolute atomic E-state index is 12.7. The lowest BCUT2D eigenvalue weighted by Gasteiger charge is -2.32. The molecule has 1 saturated heterocycles. The number of nitrogens with one attached hydrogen (secondary N) is 1. The predicted molar refractivity (Wildman–Crippen MR) is 98.8 cm³/mol. The molecule has 1 aliphatic heterocycles. The van der Waals surface area contributed by atoms with Gasteiger partial charge in [0.05, 0.1) is 12.8 Å². The SMILES string of the molecule is COc1ccc(C)cc1Nc1cc(C(=O)N2CCN(C=O)CC2)ccn1. The summed E-state index contributed by atoms with van der Waals surface area (Å²) in [4.78, 5) is 31.2. The Morgan fingerprint density at radius 1 is 1.19 bits per heavy atom. The second-order valence-corrected chi connectivity index (χ2v) is 6.19. The molecule has 0 radical (unpaired) electrons. The Morgan fingerprint density at radius 3 is 2.65 bits per heavy atom. The number of rotatable bonds is 5. The molecule has 2 heterocycles. The third-order valence-electron chi connectivity index (χ3n) is 4.38. The first-order valence-electron chi connectivity index (χ1n) is 8.47. The number of hydrogen-bond acceptors (Lipinski definition) is 5. The molecule has 1 fully saturated rings. The fourth-order valence-electron chi connectivity index (χ4n) is 2.90. The van der Waals surface area contributed by atoms with Gasteiger partial charge in [-0.1, -0.05) is 6.07 Å². The van der Waals surface area contributed by atoms with Crippen molar-refractivity contribution >= 4 is 23.8 Å². The van der Waals surface area contributed by atoms with Crippen LogP contribution in [0.25, 0.3) is 0 Å². The van der Waals surface area contributed by atoms with Crippen LogP contribution in [0.3, 0.4) is 0 Å². The van der Waals surface area contributed by atoms with Crippen LogP contribution in [0.2, 0.25) is 0 Å². The Balaban J connectivity index is 1.75. The number of amides is 2. The number of aryl methyl sites for hydroxylation is 1. The lowest BCUT2D eigenvalue weighted by Crippen LogP contribution is -2.48. The summed E-state index contributed by atoms with van der Waals surface area (Å²) in [5, 5.41) is 3.22. The fourth-order valence-corrected chi connectivity index (χ4v) is 2.90. The van der Waals surface area contributed by atoms with E-state index >= 15 is 0 Å². The van der Waals surface area contributed by atoms with Gasteiger partial charge in [0.1, 0.15) is 11.6 Å². The average Bonchev–Trinajstić information content (AvgIpc) is 2.68. The highest BCUT2D eigenvalue weighted by atomic mass is 16.5. The number of carbonyl (C=O) groups is 2. The third kappa shape index (κ3) is 3.93. The number of piperazine rings is 1. The van der Waals surface area contributed by atoms with E-state index in [4.69, 9.17) is 4.74 Å². The van der Waals surface area contributed by atoms with Crippen molar-refractivity contribution in [3.8, 4) is 5.75 Å². The molecule has 1 aliphatic rings. The van der Waals surface area contributed by atoms with E-state index in [1.54, 1.807) is 35.2 Å². The Bertz CT molecular complexity index is 801. The van der Waals surface area contributed by atoms with Gasteiger partial charge in [-0.05, 0) is 36.8 Å². The van der Waals surface area contributed by atoms with Crippen LogP contribution in [-0.2, 0) is 4.79 Å². The number of methoxy groups -OCH3 is 1. The molecule has 0 unspecified atom stereocenters. The fraction of sp³-hybridized carbons (Fsp3) is 0.316. The number of benzene rings is 1. The molecule has 136 valence electrons. The van der Waals surface area contributed by atoms with Crippen LogP contribution < -0.4 is 10.1 Å². The highest BCUT2D eigenvalue weighted by molar-refractivity contribution is 5.95. The van der Waals surface area contributed by atoms with E-state index in [-0.39, 0.29) is 5.91 Å². The quantitative estimate of drug-likeness (QED) is 0.832. The van der Waals surface area contributed by atoms with Crippen LogP contribution in [0.4, 0.5) is 11.5 Å². The van der Waals surface area contributed by atoms with E-state index in [0.29, 0.717) is 43.3 Å². The van der Waals surface area contributed by atoms with E-state index in [2.05, 4.69) is 10.3 Å². The zero-order valence-electron chi connectivity index (χ0n) is 14.9. The summed E-state index contributed by atoms with van der Waals surface area (Å²) >= 11 is 0. The lowest BCUT2D eigenvalue weighted by molar-refractivity contribution is -0.119. The van der Waals surface area contributed by atoms with Gasteiger partial charge in [-0.25, -0.2) is 4.98 Å². The molecular weight excluding hydrogens is 332 g/mol. The highest BCUT2D eigenvalue weighted by Crippen LogP contribution is 2.28. The third-order valence-corrected chi connectivity index (χ3v) is 4.38. The van der Waals surface area contributed by atoms with Crippen molar-refractivity contribution in [1.29, 1.82) is 0 Å². The Labute approximate surface area is 152 Å². The van der Waals surface area contributed by atoms with Crippen molar-refractivity contribution in [2.75, 3.05) is 38.6 Å². The monoisotopic (exact) mass is 354 g/mol. The standard InChI is InChI=1S/C19H22N4O3/c1-14-3-4-17(26-2)16(11-14)21-18-12-15(5-6-20-18)19(25)23-9-7-22(13-24)8-10-23/h3-6,11-13H,7-10H2,1-2H3,(H,20,21). The molecule has 2 amide bonds. The van der Waals surface area contributed by atoms with Crippen LogP contribution >= 0.6 is 0 Å². The molecule has 0 atom stereocenters. The van der Waals surface area contributed by atoms with E-state index in [0.717, 1.165) is 17.7 Å². The summed E-state index contributed by atoms with van der Waals surface area (Å²) in [6, 6.07) is 9.26. The van der Waals surface area contributed by atoms with Gasteiger partial charge in [0.25, 0.3) is 5.91 Å². The second-order valence-electron chi connectivity index (χ2n) is 6.19. The number of nitrogens with zero attached hydrogens (tertiary/aromatic N) is 3. The van der Waals surface area contributed by atoms with Gasteiger partial charge in [-0.2, -0.15) is 0 Å². The van der Waals surface area contributed by atoms with Crippen molar-refractivity contribution in [2.24, 2.45) is 0 Å². The molecule has 1 aromatic heterocycles. The summed E-state index contributed by atoms with van der Waals surface area (Å²) in [6.07, 6.45) is 2.44. The van der Waals surface area contributed by atoms with E-state index in [9.17, 15) is 9.59 Å². The molecule has 7 nitrogen and oxygen atoms in total. The molecule has 3 rings (SSSR count). The maximum Gasteiger partial charge on any atom is 0.254 e. The van der Waals surface area contributed by atoms with Crippen LogP contribution in [0.1, 0.15) is 15.9 Å². The van der Waals surface area contributed by atoms with Crippen molar-refractivity contribution in [2.45, 2.75) is 6.92 Å². The van der Waals surface area contributed by atoms with Crippen molar-refractivity contribution in [1.82, 2.24) is 14.8 Å². The van der Waals surface area contributed by atoms with E-state index in [1.807, 2.05) is 25.1 Å². The summed E-state index contributed by atoms with van der Waals surface area (Å²) < 4.78 is 5.37. The largest absolute Gasteiger partial charge is 0.495 e. The number of hydrogen-bond donors (Lipinski definition) is 1. The van der Waals surface area contributed by atoms with Gasteiger partial charge in [0.15, 0.2) is 0 Å². The maximum atomic E-state index is 12.7. The topological polar surface area (TPSA) is 74.8 Å². The molecule has 0 bridgehead atoms. The van der Waals surface area contributed by atoms with Gasteiger partial charge in [-0.3, -0.25) is 9.59 Å². The van der Waals surface area contributed by atoms with Crippen LogP contribution in [0, 0.1) is 6.92 Å². The number of aromatic nitrogens is 1. The number of carbonyl (C=O) groups excluding carboxylic acids is 2. The highest BCUT2D eigenvalue weighted by Gasteiger charge is 2.21. The summed E-state index contributed by atoms with van der Waals surface area (Å²) in [6.45, 7) is 4.19. The van der Waals surface area contributed by atoms with Crippen LogP contribution in [-0.4, -0.2) is 60.4 Å². The van der Waals surface area contributed by atoms with Crippen molar-refractivity contribution in [3.05, 3.63) is 47.7 Å².